The number of ether oxygens (including phenoxy) is 1. The summed E-state index contributed by atoms with van der Waals surface area (Å²) in [5, 5.41) is 0.0190. The van der Waals surface area contributed by atoms with E-state index < -0.39 is 20.5 Å². The molecule has 0 radical (unpaired) electrons. The summed E-state index contributed by atoms with van der Waals surface area (Å²) < 4.78 is 31.6. The fraction of sp³-hybridized carbons (Fsp3) is 0.333. The van der Waals surface area contributed by atoms with Gasteiger partial charge in [-0.15, -0.1) is 0 Å². The molecular weight excluding hydrogens is 346 g/mol. The van der Waals surface area contributed by atoms with E-state index in [1.165, 1.54) is 0 Å². The summed E-state index contributed by atoms with van der Waals surface area (Å²) in [6, 6.07) is 15.8. The minimum Gasteiger partial charge on any atom is -0.384 e. The third-order valence-corrected chi connectivity index (χ3v) is 7.40. The molecule has 3 rings (SSSR count). The molecule has 2 aromatic rings. The van der Waals surface area contributed by atoms with Crippen LogP contribution in [0.25, 0.3) is 0 Å². The Kier molecular flexibility index (Phi) is 4.71. The first-order chi connectivity index (χ1) is 11.5. The molecule has 1 aliphatic carbocycles. The average molecular weight is 366 g/mol. The number of benzene rings is 2. The van der Waals surface area contributed by atoms with Crippen LogP contribution < -0.4 is 5.73 Å². The van der Waals surface area contributed by atoms with E-state index in [1.54, 1.807) is 49.6 Å². The van der Waals surface area contributed by atoms with Gasteiger partial charge in [0.05, 0.1) is 16.8 Å². The predicted octanol–water partition coefficient (Wildman–Crippen LogP) is 2.87. The molecule has 1 fully saturated rings. The molecule has 128 valence electrons. The Labute approximate surface area is 147 Å². The number of hydrogen-bond acceptors (Lipinski definition) is 4. The van der Waals surface area contributed by atoms with E-state index in [-0.39, 0.29) is 12.5 Å². The lowest BCUT2D eigenvalue weighted by molar-refractivity contribution is 0.142. The van der Waals surface area contributed by atoms with Crippen molar-refractivity contribution in [3.8, 4) is 0 Å². The van der Waals surface area contributed by atoms with Gasteiger partial charge in [-0.05, 0) is 29.8 Å². The third kappa shape index (κ3) is 2.75. The lowest BCUT2D eigenvalue weighted by Crippen LogP contribution is -2.28. The van der Waals surface area contributed by atoms with Crippen LogP contribution in [0.15, 0.2) is 59.5 Å². The van der Waals surface area contributed by atoms with E-state index in [0.717, 1.165) is 5.56 Å². The smallest absolute Gasteiger partial charge is 0.182 e. The van der Waals surface area contributed by atoms with Gasteiger partial charge in [-0.2, -0.15) is 0 Å². The van der Waals surface area contributed by atoms with Crippen molar-refractivity contribution in [1.29, 1.82) is 0 Å². The number of methoxy groups -OCH3 is 1. The summed E-state index contributed by atoms with van der Waals surface area (Å²) in [5.74, 6) is -0.204. The van der Waals surface area contributed by atoms with Crippen LogP contribution >= 0.6 is 11.6 Å². The van der Waals surface area contributed by atoms with Gasteiger partial charge < -0.3 is 10.5 Å². The average Bonchev–Trinajstić information content (AvgIpc) is 3.26. The Hall–Kier alpha value is -1.40. The minimum atomic E-state index is -3.51. The maximum Gasteiger partial charge on any atom is 0.182 e. The molecular formula is C18H20ClNO3S. The topological polar surface area (TPSA) is 69.4 Å². The van der Waals surface area contributed by atoms with Crippen molar-refractivity contribution in [2.75, 3.05) is 20.3 Å². The standard InChI is InChI=1S/C18H20ClNO3S/c1-23-12-18(11-20)16(13-7-9-14(19)10-8-13)17(18)24(21,22)15-5-3-2-4-6-15/h2-10,16-17H,11-12,20H2,1H3/t16-,17+,18-/m1/s1. The predicted molar refractivity (Wildman–Crippen MR) is 95.0 cm³/mol. The van der Waals surface area contributed by atoms with Gasteiger partial charge in [-0.25, -0.2) is 8.42 Å². The van der Waals surface area contributed by atoms with E-state index in [9.17, 15) is 8.42 Å². The summed E-state index contributed by atoms with van der Waals surface area (Å²) in [5.41, 5.74) is 6.32. The van der Waals surface area contributed by atoms with Crippen LogP contribution in [0, 0.1) is 5.41 Å². The summed E-state index contributed by atoms with van der Waals surface area (Å²) >= 11 is 5.96. The Morgan fingerprint density at radius 3 is 2.29 bits per heavy atom. The highest BCUT2D eigenvalue weighted by molar-refractivity contribution is 7.92. The highest BCUT2D eigenvalue weighted by Crippen LogP contribution is 2.63. The van der Waals surface area contributed by atoms with Gasteiger partial charge >= 0.3 is 0 Å². The number of rotatable bonds is 6. The van der Waals surface area contributed by atoms with E-state index in [1.807, 2.05) is 12.1 Å². The van der Waals surface area contributed by atoms with E-state index >= 15 is 0 Å². The maximum atomic E-state index is 13.2. The fourth-order valence-electron chi connectivity index (χ4n) is 3.62. The molecule has 0 aromatic heterocycles. The molecule has 0 saturated heterocycles. The molecule has 6 heteroatoms. The SMILES string of the molecule is COC[C@]1(CN)[C@H](c2ccc(Cl)cc2)[C@@H]1S(=O)(=O)c1ccccc1. The minimum absolute atomic E-state index is 0.204. The second-order valence-electron chi connectivity index (χ2n) is 6.18. The summed E-state index contributed by atoms with van der Waals surface area (Å²) in [6.45, 7) is 0.540. The lowest BCUT2D eigenvalue weighted by Gasteiger charge is -2.15. The highest BCUT2D eigenvalue weighted by atomic mass is 35.5. The molecule has 0 spiro atoms. The summed E-state index contributed by atoms with van der Waals surface area (Å²) in [6.07, 6.45) is 0. The van der Waals surface area contributed by atoms with Gasteiger partial charge in [0.25, 0.3) is 0 Å². The molecule has 0 heterocycles. The van der Waals surface area contributed by atoms with E-state index in [4.69, 9.17) is 22.1 Å². The highest BCUT2D eigenvalue weighted by Gasteiger charge is 2.70. The molecule has 1 saturated carbocycles. The number of sulfone groups is 1. The van der Waals surface area contributed by atoms with Crippen LogP contribution in [0.4, 0.5) is 0 Å². The molecule has 0 aliphatic heterocycles. The summed E-state index contributed by atoms with van der Waals surface area (Å²) in [7, 11) is -1.94. The Morgan fingerprint density at radius 2 is 1.75 bits per heavy atom. The monoisotopic (exact) mass is 365 g/mol. The molecule has 0 unspecified atom stereocenters. The third-order valence-electron chi connectivity index (χ3n) is 4.81. The van der Waals surface area contributed by atoms with Crippen molar-refractivity contribution in [3.05, 3.63) is 65.2 Å². The van der Waals surface area contributed by atoms with E-state index in [0.29, 0.717) is 16.5 Å². The molecule has 1 aliphatic rings. The normalized spacial score (nSPS) is 26.3. The molecule has 3 atom stereocenters. The molecule has 2 aromatic carbocycles. The van der Waals surface area contributed by atoms with Crippen molar-refractivity contribution < 1.29 is 13.2 Å². The van der Waals surface area contributed by atoms with Crippen molar-refractivity contribution in [2.24, 2.45) is 11.1 Å². The maximum absolute atomic E-state index is 13.2. The Bertz CT molecular complexity index is 808. The van der Waals surface area contributed by atoms with Gasteiger partial charge in [0, 0.05) is 30.0 Å². The Balaban J connectivity index is 2.05. The van der Waals surface area contributed by atoms with Gasteiger partial charge in [0.1, 0.15) is 0 Å². The Morgan fingerprint density at radius 1 is 1.12 bits per heavy atom. The van der Waals surface area contributed by atoms with Crippen LogP contribution in [0.1, 0.15) is 11.5 Å². The largest absolute Gasteiger partial charge is 0.384 e. The fourth-order valence-corrected chi connectivity index (χ4v) is 6.21. The molecule has 0 amide bonds. The quantitative estimate of drug-likeness (QED) is 0.854. The van der Waals surface area contributed by atoms with Gasteiger partial charge in [0.15, 0.2) is 9.84 Å². The van der Waals surface area contributed by atoms with Crippen LogP contribution in [0.5, 0.6) is 0 Å². The van der Waals surface area contributed by atoms with Gasteiger partial charge in [-0.3, -0.25) is 0 Å². The van der Waals surface area contributed by atoms with Crippen molar-refractivity contribution >= 4 is 21.4 Å². The van der Waals surface area contributed by atoms with E-state index in [2.05, 4.69) is 0 Å². The zero-order valence-electron chi connectivity index (χ0n) is 13.4. The number of halogens is 1. The molecule has 4 nitrogen and oxygen atoms in total. The zero-order valence-corrected chi connectivity index (χ0v) is 14.9. The van der Waals surface area contributed by atoms with Crippen LogP contribution in [0.3, 0.4) is 0 Å². The first kappa shape index (κ1) is 17.4. The number of hydrogen-bond donors (Lipinski definition) is 1. The summed E-state index contributed by atoms with van der Waals surface area (Å²) in [4.78, 5) is 0.320. The number of nitrogens with two attached hydrogens (primary N) is 1. The molecule has 24 heavy (non-hydrogen) atoms. The van der Waals surface area contributed by atoms with Gasteiger partial charge in [-0.1, -0.05) is 41.9 Å². The lowest BCUT2D eigenvalue weighted by atomic mass is 10.0. The second-order valence-corrected chi connectivity index (χ2v) is 8.68. The first-order valence-electron chi connectivity index (χ1n) is 7.71. The zero-order chi connectivity index (χ0) is 17.4. The second kappa shape index (κ2) is 6.48. The van der Waals surface area contributed by atoms with Gasteiger partial charge in [0.2, 0.25) is 0 Å². The van der Waals surface area contributed by atoms with Crippen molar-refractivity contribution in [1.82, 2.24) is 0 Å². The van der Waals surface area contributed by atoms with Crippen LogP contribution in [-0.4, -0.2) is 33.9 Å². The van der Waals surface area contributed by atoms with Crippen LogP contribution in [0.2, 0.25) is 5.02 Å². The first-order valence-corrected chi connectivity index (χ1v) is 9.63. The van der Waals surface area contributed by atoms with Crippen molar-refractivity contribution in [3.63, 3.8) is 0 Å². The molecule has 0 bridgehead atoms. The van der Waals surface area contributed by atoms with Crippen molar-refractivity contribution in [2.45, 2.75) is 16.1 Å². The molecule has 2 N–H and O–H groups in total. The van der Waals surface area contributed by atoms with Crippen LogP contribution in [-0.2, 0) is 14.6 Å².